The smallest absolute Gasteiger partial charge is 0.118 e. The first kappa shape index (κ1) is 13.3. The normalized spacial score (nSPS) is 13.3. The van der Waals surface area contributed by atoms with Crippen LogP contribution in [0, 0.1) is 12.8 Å². The van der Waals surface area contributed by atoms with Crippen molar-refractivity contribution in [3.05, 3.63) is 23.7 Å². The molecule has 3 heteroatoms. The van der Waals surface area contributed by atoms with Crippen molar-refractivity contribution in [1.29, 1.82) is 0 Å². The van der Waals surface area contributed by atoms with Gasteiger partial charge in [0, 0.05) is 6.54 Å². The van der Waals surface area contributed by atoms with Crippen molar-refractivity contribution >= 4 is 0 Å². The molecule has 1 aromatic rings. The van der Waals surface area contributed by atoms with E-state index in [0.29, 0.717) is 5.92 Å². The Morgan fingerprint density at radius 1 is 1.44 bits per heavy atom. The molecule has 0 aliphatic rings. The maximum absolute atomic E-state index is 5.57. The summed E-state index contributed by atoms with van der Waals surface area (Å²) >= 11 is 0. The van der Waals surface area contributed by atoms with Gasteiger partial charge in [0.1, 0.15) is 11.5 Å². The molecule has 0 radical (unpaired) electrons. The van der Waals surface area contributed by atoms with E-state index in [0.717, 1.165) is 31.2 Å². The van der Waals surface area contributed by atoms with Crippen LogP contribution in [-0.2, 0) is 6.54 Å². The number of furan rings is 1. The molecule has 3 nitrogen and oxygen atoms in total. The molecule has 1 unspecified atom stereocenters. The fourth-order valence-corrected chi connectivity index (χ4v) is 1.97. The van der Waals surface area contributed by atoms with Gasteiger partial charge >= 0.3 is 0 Å². The molecule has 0 aliphatic carbocycles. The van der Waals surface area contributed by atoms with E-state index < -0.39 is 0 Å². The van der Waals surface area contributed by atoms with Crippen LogP contribution in [0.4, 0.5) is 0 Å². The Morgan fingerprint density at radius 2 is 2.19 bits per heavy atom. The molecule has 1 N–H and O–H groups in total. The zero-order valence-corrected chi connectivity index (χ0v) is 10.9. The van der Waals surface area contributed by atoms with Crippen molar-refractivity contribution in [3.63, 3.8) is 0 Å². The first-order valence-electron chi connectivity index (χ1n) is 6.04. The van der Waals surface area contributed by atoms with E-state index >= 15 is 0 Å². The molecule has 0 aromatic carbocycles. The van der Waals surface area contributed by atoms with Crippen LogP contribution in [0.3, 0.4) is 0 Å². The summed E-state index contributed by atoms with van der Waals surface area (Å²) in [5, 5.41) is 3.24. The second-order valence-electron chi connectivity index (χ2n) is 4.54. The minimum Gasteiger partial charge on any atom is -0.465 e. The molecule has 1 heterocycles. The standard InChI is InChI=1S/C13H24N2O/c1-5-12(8-14-3)9-15(4)10-13-7-6-11(2)16-13/h6-7,12,14H,5,8-10H2,1-4H3. The van der Waals surface area contributed by atoms with Gasteiger partial charge in [-0.15, -0.1) is 0 Å². The average molecular weight is 224 g/mol. The second kappa shape index (κ2) is 6.71. The van der Waals surface area contributed by atoms with Crippen molar-refractivity contribution < 1.29 is 4.42 Å². The fraction of sp³-hybridized carbons (Fsp3) is 0.692. The van der Waals surface area contributed by atoms with Crippen LogP contribution in [0.5, 0.6) is 0 Å². The van der Waals surface area contributed by atoms with E-state index in [1.807, 2.05) is 20.0 Å². The number of hydrogen-bond acceptors (Lipinski definition) is 3. The summed E-state index contributed by atoms with van der Waals surface area (Å²) < 4.78 is 5.57. The molecule has 0 bridgehead atoms. The number of rotatable bonds is 7. The van der Waals surface area contributed by atoms with Gasteiger partial charge in [0.15, 0.2) is 0 Å². The molecule has 0 amide bonds. The highest BCUT2D eigenvalue weighted by Crippen LogP contribution is 2.10. The van der Waals surface area contributed by atoms with E-state index in [4.69, 9.17) is 4.42 Å². The lowest BCUT2D eigenvalue weighted by atomic mass is 10.1. The largest absolute Gasteiger partial charge is 0.465 e. The minimum absolute atomic E-state index is 0.714. The van der Waals surface area contributed by atoms with Crippen molar-refractivity contribution in [2.75, 3.05) is 27.2 Å². The van der Waals surface area contributed by atoms with Crippen LogP contribution < -0.4 is 5.32 Å². The first-order valence-corrected chi connectivity index (χ1v) is 6.04. The SMILES string of the molecule is CCC(CNC)CN(C)Cc1ccc(C)o1. The topological polar surface area (TPSA) is 28.4 Å². The molecule has 0 aliphatic heterocycles. The Morgan fingerprint density at radius 3 is 2.69 bits per heavy atom. The van der Waals surface area contributed by atoms with Crippen LogP contribution in [0.2, 0.25) is 0 Å². The number of nitrogens with one attached hydrogen (secondary N) is 1. The van der Waals surface area contributed by atoms with Crippen LogP contribution in [0.25, 0.3) is 0 Å². The van der Waals surface area contributed by atoms with Crippen molar-refractivity contribution in [1.82, 2.24) is 10.2 Å². The third-order valence-corrected chi connectivity index (χ3v) is 2.86. The van der Waals surface area contributed by atoms with Crippen LogP contribution in [-0.4, -0.2) is 32.1 Å². The lowest BCUT2D eigenvalue weighted by Gasteiger charge is -2.22. The number of aryl methyl sites for hydroxylation is 1. The third-order valence-electron chi connectivity index (χ3n) is 2.86. The first-order chi connectivity index (χ1) is 7.65. The van der Waals surface area contributed by atoms with Gasteiger partial charge < -0.3 is 9.73 Å². The molecule has 1 rings (SSSR count). The summed E-state index contributed by atoms with van der Waals surface area (Å²) in [5.74, 6) is 2.76. The van der Waals surface area contributed by atoms with Crippen LogP contribution in [0.15, 0.2) is 16.5 Å². The zero-order valence-electron chi connectivity index (χ0n) is 10.9. The number of nitrogens with zero attached hydrogens (tertiary/aromatic N) is 1. The summed E-state index contributed by atoms with van der Waals surface area (Å²) in [5.41, 5.74) is 0. The summed E-state index contributed by atoms with van der Waals surface area (Å²) in [6.07, 6.45) is 1.21. The summed E-state index contributed by atoms with van der Waals surface area (Å²) in [7, 11) is 4.16. The van der Waals surface area contributed by atoms with Crippen LogP contribution in [0.1, 0.15) is 24.9 Å². The Kier molecular flexibility index (Phi) is 5.56. The van der Waals surface area contributed by atoms with Gasteiger partial charge in [-0.2, -0.15) is 0 Å². The van der Waals surface area contributed by atoms with E-state index in [1.54, 1.807) is 0 Å². The fourth-order valence-electron chi connectivity index (χ4n) is 1.97. The molecule has 16 heavy (non-hydrogen) atoms. The van der Waals surface area contributed by atoms with E-state index in [2.05, 4.69) is 30.3 Å². The average Bonchev–Trinajstić information content (AvgIpc) is 2.63. The third kappa shape index (κ3) is 4.37. The number of hydrogen-bond donors (Lipinski definition) is 1. The molecule has 0 spiro atoms. The van der Waals surface area contributed by atoms with Crippen LogP contribution >= 0.6 is 0 Å². The monoisotopic (exact) mass is 224 g/mol. The summed E-state index contributed by atoms with van der Waals surface area (Å²) in [6, 6.07) is 4.08. The molecule has 0 fully saturated rings. The predicted molar refractivity (Wildman–Crippen MR) is 67.5 cm³/mol. The second-order valence-corrected chi connectivity index (χ2v) is 4.54. The van der Waals surface area contributed by atoms with Gasteiger partial charge in [0.25, 0.3) is 0 Å². The highest BCUT2D eigenvalue weighted by molar-refractivity contribution is 5.05. The van der Waals surface area contributed by atoms with Gasteiger partial charge in [-0.05, 0) is 45.6 Å². The molecular weight excluding hydrogens is 200 g/mol. The van der Waals surface area contributed by atoms with Gasteiger partial charge in [0.05, 0.1) is 6.54 Å². The summed E-state index contributed by atoms with van der Waals surface area (Å²) in [6.45, 7) is 7.31. The van der Waals surface area contributed by atoms with Crippen molar-refractivity contribution in [2.45, 2.75) is 26.8 Å². The summed E-state index contributed by atoms with van der Waals surface area (Å²) in [4.78, 5) is 2.32. The van der Waals surface area contributed by atoms with Gasteiger partial charge in [-0.1, -0.05) is 13.3 Å². The Hall–Kier alpha value is -0.800. The molecule has 0 saturated carbocycles. The van der Waals surface area contributed by atoms with Gasteiger partial charge in [-0.25, -0.2) is 0 Å². The predicted octanol–water partition coefficient (Wildman–Crippen LogP) is 2.27. The zero-order chi connectivity index (χ0) is 12.0. The van der Waals surface area contributed by atoms with E-state index in [1.165, 1.54) is 6.42 Å². The minimum atomic E-state index is 0.714. The Bertz CT molecular complexity index is 296. The lowest BCUT2D eigenvalue weighted by Crippen LogP contribution is -2.30. The Labute approximate surface area is 98.8 Å². The quantitative estimate of drug-likeness (QED) is 0.770. The highest BCUT2D eigenvalue weighted by Gasteiger charge is 2.10. The van der Waals surface area contributed by atoms with Gasteiger partial charge in [0.2, 0.25) is 0 Å². The molecular formula is C13H24N2O. The maximum Gasteiger partial charge on any atom is 0.118 e. The van der Waals surface area contributed by atoms with Gasteiger partial charge in [-0.3, -0.25) is 4.90 Å². The van der Waals surface area contributed by atoms with Crippen molar-refractivity contribution in [3.8, 4) is 0 Å². The highest BCUT2D eigenvalue weighted by atomic mass is 16.3. The lowest BCUT2D eigenvalue weighted by molar-refractivity contribution is 0.242. The van der Waals surface area contributed by atoms with E-state index in [-0.39, 0.29) is 0 Å². The molecule has 1 atom stereocenters. The van der Waals surface area contributed by atoms with Crippen molar-refractivity contribution in [2.24, 2.45) is 5.92 Å². The molecule has 0 saturated heterocycles. The Balaban J connectivity index is 2.37. The van der Waals surface area contributed by atoms with E-state index in [9.17, 15) is 0 Å². The molecule has 1 aromatic heterocycles. The molecule has 92 valence electrons. The maximum atomic E-state index is 5.57.